The Morgan fingerprint density at radius 1 is 1.05 bits per heavy atom. The molecule has 0 atom stereocenters. The molecule has 0 aliphatic rings. The van der Waals surface area contributed by atoms with Crippen LogP contribution in [0.15, 0.2) is 28.7 Å². The van der Waals surface area contributed by atoms with Crippen LogP contribution in [0, 0.1) is 0 Å². The predicted octanol–water partition coefficient (Wildman–Crippen LogP) is 1.10. The molecule has 0 saturated heterocycles. The number of Topliss-reactive ketones (excluding diaryl/α,β-unsaturated/α-hetero) is 1. The maximum Gasteiger partial charge on any atom is 0.317 e. The number of halogens is 1. The van der Waals surface area contributed by atoms with Crippen molar-refractivity contribution < 1.29 is 24.6 Å². The van der Waals surface area contributed by atoms with E-state index in [-0.39, 0.29) is 12.3 Å². The Morgan fingerprint density at radius 2 is 1.63 bits per heavy atom. The molecule has 0 unspecified atom stereocenters. The number of ketones is 1. The number of hydrogen-bond donors (Lipinski definition) is 2. The van der Waals surface area contributed by atoms with Gasteiger partial charge >= 0.3 is 11.9 Å². The molecule has 1 aromatic carbocycles. The highest BCUT2D eigenvalue weighted by molar-refractivity contribution is 9.10. The van der Waals surface area contributed by atoms with Gasteiger partial charge < -0.3 is 10.2 Å². The van der Waals surface area contributed by atoms with Gasteiger partial charge in [0.2, 0.25) is 0 Å². The molecule has 0 radical (unpaired) electrons. The van der Waals surface area contributed by atoms with Gasteiger partial charge in [-0.2, -0.15) is 0 Å². The lowest BCUT2D eigenvalue weighted by molar-refractivity contribution is -0.141. The molecule has 0 fully saturated rings. The second-order valence-corrected chi connectivity index (χ2v) is 4.78. The third-order valence-corrected chi connectivity index (χ3v) is 2.72. The van der Waals surface area contributed by atoms with Crippen LogP contribution in [0.4, 0.5) is 0 Å². The number of carbonyl (C=O) groups excluding carboxylic acids is 1. The number of carbonyl (C=O) groups is 3. The van der Waals surface area contributed by atoms with Crippen LogP contribution in [0.25, 0.3) is 0 Å². The fraction of sp³-hybridized carbons (Fsp3) is 0.250. The van der Waals surface area contributed by atoms with Crippen LogP contribution in [0.5, 0.6) is 0 Å². The fourth-order valence-electron chi connectivity index (χ4n) is 1.51. The number of hydrogen-bond acceptors (Lipinski definition) is 4. The number of carboxylic acids is 2. The van der Waals surface area contributed by atoms with Crippen molar-refractivity contribution in [3.8, 4) is 0 Å². The van der Waals surface area contributed by atoms with E-state index in [4.69, 9.17) is 10.2 Å². The first-order chi connectivity index (χ1) is 8.88. The van der Waals surface area contributed by atoms with Gasteiger partial charge in [-0.05, 0) is 12.1 Å². The molecule has 0 aliphatic carbocycles. The van der Waals surface area contributed by atoms with Gasteiger partial charge in [0.15, 0.2) is 5.78 Å². The molecule has 0 amide bonds. The summed E-state index contributed by atoms with van der Waals surface area (Å²) in [4.78, 5) is 34.2. The number of aliphatic carboxylic acids is 2. The van der Waals surface area contributed by atoms with Gasteiger partial charge in [0, 0.05) is 10.0 Å². The highest BCUT2D eigenvalue weighted by Crippen LogP contribution is 2.12. The molecule has 19 heavy (non-hydrogen) atoms. The van der Waals surface area contributed by atoms with E-state index in [9.17, 15) is 14.4 Å². The standard InChI is InChI=1S/C12H12BrNO5/c13-9-3-1-2-8(4-9)10(15)5-14(6-11(16)17)7-12(18)19/h1-4H,5-7H2,(H,16,17)(H,18,19). The molecule has 0 bridgehead atoms. The molecule has 7 heteroatoms. The quantitative estimate of drug-likeness (QED) is 0.727. The summed E-state index contributed by atoms with van der Waals surface area (Å²) in [6.45, 7) is -1.24. The Hall–Kier alpha value is -1.73. The lowest BCUT2D eigenvalue weighted by atomic mass is 10.1. The smallest absolute Gasteiger partial charge is 0.317 e. The highest BCUT2D eigenvalue weighted by atomic mass is 79.9. The average Bonchev–Trinajstić information content (AvgIpc) is 2.26. The minimum absolute atomic E-state index is 0.255. The predicted molar refractivity (Wildman–Crippen MR) is 70.2 cm³/mol. The number of benzene rings is 1. The normalized spacial score (nSPS) is 10.4. The zero-order valence-electron chi connectivity index (χ0n) is 9.88. The van der Waals surface area contributed by atoms with E-state index >= 15 is 0 Å². The van der Waals surface area contributed by atoms with Gasteiger partial charge in [0.1, 0.15) is 0 Å². The van der Waals surface area contributed by atoms with E-state index in [0.29, 0.717) is 5.56 Å². The topological polar surface area (TPSA) is 94.9 Å². The van der Waals surface area contributed by atoms with Gasteiger partial charge in [-0.15, -0.1) is 0 Å². The summed E-state index contributed by atoms with van der Waals surface area (Å²) >= 11 is 3.22. The maximum atomic E-state index is 11.9. The van der Waals surface area contributed by atoms with Crippen molar-refractivity contribution in [3.05, 3.63) is 34.3 Å². The van der Waals surface area contributed by atoms with Crippen molar-refractivity contribution in [2.75, 3.05) is 19.6 Å². The van der Waals surface area contributed by atoms with Gasteiger partial charge in [-0.1, -0.05) is 28.1 Å². The van der Waals surface area contributed by atoms with Gasteiger partial charge in [0.05, 0.1) is 19.6 Å². The van der Waals surface area contributed by atoms with Crippen LogP contribution < -0.4 is 0 Å². The molecular weight excluding hydrogens is 318 g/mol. The van der Waals surface area contributed by atoms with Gasteiger partial charge in [-0.25, -0.2) is 0 Å². The van der Waals surface area contributed by atoms with Crippen LogP contribution >= 0.6 is 15.9 Å². The zero-order chi connectivity index (χ0) is 14.4. The Balaban J connectivity index is 2.75. The van der Waals surface area contributed by atoms with E-state index in [1.165, 1.54) is 0 Å². The minimum atomic E-state index is -1.18. The Bertz CT molecular complexity index is 487. The van der Waals surface area contributed by atoms with E-state index in [0.717, 1.165) is 9.37 Å². The number of rotatable bonds is 7. The second-order valence-electron chi connectivity index (χ2n) is 3.87. The highest BCUT2D eigenvalue weighted by Gasteiger charge is 2.17. The molecule has 1 rings (SSSR count). The second kappa shape index (κ2) is 7.01. The van der Waals surface area contributed by atoms with Crippen LogP contribution in [-0.4, -0.2) is 52.5 Å². The summed E-state index contributed by atoms with van der Waals surface area (Å²) in [5, 5.41) is 17.3. The Labute approximate surface area is 117 Å². The first-order valence-corrected chi connectivity index (χ1v) is 6.12. The van der Waals surface area contributed by atoms with Gasteiger partial charge in [-0.3, -0.25) is 19.3 Å². The molecule has 2 N–H and O–H groups in total. The van der Waals surface area contributed by atoms with Crippen molar-refractivity contribution in [1.82, 2.24) is 4.90 Å². The molecule has 0 aromatic heterocycles. The average molecular weight is 330 g/mol. The maximum absolute atomic E-state index is 11.9. The summed E-state index contributed by atoms with van der Waals surface area (Å²) in [6.07, 6.45) is 0. The molecule has 0 spiro atoms. The van der Waals surface area contributed by atoms with Crippen molar-refractivity contribution in [2.24, 2.45) is 0 Å². The van der Waals surface area contributed by atoms with Crippen molar-refractivity contribution in [3.63, 3.8) is 0 Å². The van der Waals surface area contributed by atoms with Gasteiger partial charge in [0.25, 0.3) is 0 Å². The Morgan fingerprint density at radius 3 is 2.11 bits per heavy atom. The van der Waals surface area contributed by atoms with E-state index in [2.05, 4.69) is 15.9 Å². The van der Waals surface area contributed by atoms with E-state index in [1.807, 2.05) is 0 Å². The first kappa shape index (κ1) is 15.3. The summed E-state index contributed by atoms with van der Waals surface area (Å²) in [5.74, 6) is -2.68. The van der Waals surface area contributed by atoms with Crippen LogP contribution in [0.1, 0.15) is 10.4 Å². The summed E-state index contributed by atoms with van der Waals surface area (Å²) < 4.78 is 0.723. The van der Waals surface area contributed by atoms with Crippen molar-refractivity contribution >= 4 is 33.7 Å². The molecular formula is C12H12BrNO5. The summed E-state index contributed by atoms with van der Waals surface area (Å²) in [6, 6.07) is 6.62. The van der Waals surface area contributed by atoms with Crippen molar-refractivity contribution in [1.29, 1.82) is 0 Å². The van der Waals surface area contributed by atoms with E-state index < -0.39 is 25.0 Å². The SMILES string of the molecule is O=C(O)CN(CC(=O)O)CC(=O)c1cccc(Br)c1. The zero-order valence-corrected chi connectivity index (χ0v) is 11.5. The monoisotopic (exact) mass is 329 g/mol. The fourth-order valence-corrected chi connectivity index (χ4v) is 1.91. The summed E-state index contributed by atoms with van der Waals surface area (Å²) in [7, 11) is 0. The molecule has 6 nitrogen and oxygen atoms in total. The van der Waals surface area contributed by atoms with Crippen LogP contribution in [-0.2, 0) is 9.59 Å². The number of carboxylic acid groups (broad SMARTS) is 2. The first-order valence-electron chi connectivity index (χ1n) is 5.33. The molecule has 0 aliphatic heterocycles. The molecule has 0 heterocycles. The lowest BCUT2D eigenvalue weighted by Crippen LogP contribution is -2.38. The molecule has 1 aromatic rings. The molecule has 102 valence electrons. The van der Waals surface area contributed by atoms with E-state index in [1.54, 1.807) is 24.3 Å². The van der Waals surface area contributed by atoms with Crippen LogP contribution in [0.3, 0.4) is 0 Å². The van der Waals surface area contributed by atoms with Crippen LogP contribution in [0.2, 0.25) is 0 Å². The largest absolute Gasteiger partial charge is 0.480 e. The van der Waals surface area contributed by atoms with Crippen molar-refractivity contribution in [2.45, 2.75) is 0 Å². The molecule has 0 saturated carbocycles. The Kier molecular flexibility index (Phi) is 5.65. The third-order valence-electron chi connectivity index (χ3n) is 2.23. The lowest BCUT2D eigenvalue weighted by Gasteiger charge is -2.16. The third kappa shape index (κ3) is 5.62. The number of nitrogens with zero attached hydrogens (tertiary/aromatic N) is 1. The minimum Gasteiger partial charge on any atom is -0.480 e. The summed E-state index contributed by atoms with van der Waals surface area (Å²) in [5.41, 5.74) is 0.398.